The fourth-order valence-electron chi connectivity index (χ4n) is 2.35. The van der Waals surface area contributed by atoms with Crippen LogP contribution >= 0.6 is 27.7 Å². The zero-order valence-electron chi connectivity index (χ0n) is 13.9. The second-order valence-corrected chi connectivity index (χ2v) is 7.27. The second kappa shape index (κ2) is 9.05. The molecule has 134 valence electrons. The number of thioether (sulfide) groups is 1. The van der Waals surface area contributed by atoms with Crippen molar-refractivity contribution >= 4 is 44.8 Å². The summed E-state index contributed by atoms with van der Waals surface area (Å²) in [5.74, 6) is -0.864. The lowest BCUT2D eigenvalue weighted by atomic mass is 9.97. The lowest BCUT2D eigenvalue weighted by molar-refractivity contribution is -0.139. The van der Waals surface area contributed by atoms with Crippen LogP contribution in [0.25, 0.3) is 0 Å². The summed E-state index contributed by atoms with van der Waals surface area (Å²) in [5, 5.41) is 12.5. The Morgan fingerprint density at radius 1 is 1.44 bits per heavy atom. The highest BCUT2D eigenvalue weighted by atomic mass is 79.9. The van der Waals surface area contributed by atoms with Crippen molar-refractivity contribution in [3.05, 3.63) is 45.6 Å². The molecule has 0 radical (unpaired) electrons. The third-order valence-electron chi connectivity index (χ3n) is 3.43. The van der Waals surface area contributed by atoms with Gasteiger partial charge in [-0.15, -0.1) is 0 Å². The van der Waals surface area contributed by atoms with Crippen LogP contribution in [0, 0.1) is 0 Å². The largest absolute Gasteiger partial charge is 0.481 e. The van der Waals surface area contributed by atoms with Crippen LogP contribution in [0.1, 0.15) is 31.9 Å². The monoisotopic (exact) mass is 426 g/mol. The molecule has 0 aliphatic carbocycles. The number of ether oxygens (including phenoxy) is 1. The van der Waals surface area contributed by atoms with E-state index in [1.165, 1.54) is 11.8 Å². The van der Waals surface area contributed by atoms with E-state index in [9.17, 15) is 9.59 Å². The van der Waals surface area contributed by atoms with Gasteiger partial charge in [-0.2, -0.15) is 0 Å². The first-order valence-corrected chi connectivity index (χ1v) is 9.53. The van der Waals surface area contributed by atoms with Gasteiger partial charge in [0.2, 0.25) is 0 Å². The molecule has 0 amide bonds. The molecule has 1 heterocycles. The fraction of sp³-hybridized carbons (Fsp3) is 0.353. The topological polar surface area (TPSA) is 88.0 Å². The number of carboxylic acids is 1. The lowest BCUT2D eigenvalue weighted by Crippen LogP contribution is -2.30. The minimum absolute atomic E-state index is 0.0421. The molecule has 6 nitrogen and oxygen atoms in total. The Balaban J connectivity index is 2.33. The van der Waals surface area contributed by atoms with Crippen LogP contribution in [0.3, 0.4) is 0 Å². The van der Waals surface area contributed by atoms with E-state index >= 15 is 0 Å². The van der Waals surface area contributed by atoms with Crippen LogP contribution in [0.2, 0.25) is 0 Å². The van der Waals surface area contributed by atoms with Crippen molar-refractivity contribution < 1.29 is 19.4 Å². The molecule has 1 aromatic rings. The highest BCUT2D eigenvalue weighted by Gasteiger charge is 2.30. The van der Waals surface area contributed by atoms with Crippen molar-refractivity contribution in [1.29, 1.82) is 0 Å². The summed E-state index contributed by atoms with van der Waals surface area (Å²) in [6, 6.07) is 7.09. The third-order valence-corrected chi connectivity index (χ3v) is 4.82. The Hall–Kier alpha value is -1.80. The van der Waals surface area contributed by atoms with E-state index in [1.807, 2.05) is 24.3 Å². The van der Waals surface area contributed by atoms with E-state index in [0.29, 0.717) is 22.2 Å². The van der Waals surface area contributed by atoms with Gasteiger partial charge in [-0.05, 0) is 31.5 Å². The first kappa shape index (κ1) is 19.5. The number of amidine groups is 1. The number of hydrogen-bond acceptors (Lipinski definition) is 6. The van der Waals surface area contributed by atoms with E-state index < -0.39 is 18.0 Å². The first-order chi connectivity index (χ1) is 11.9. The van der Waals surface area contributed by atoms with E-state index in [2.05, 4.69) is 26.2 Å². The quantitative estimate of drug-likeness (QED) is 0.676. The molecule has 0 aromatic heterocycles. The van der Waals surface area contributed by atoms with Crippen molar-refractivity contribution in [2.75, 3.05) is 12.4 Å². The maximum Gasteiger partial charge on any atom is 0.338 e. The number of aliphatic carboxylic acids is 1. The molecular weight excluding hydrogens is 408 g/mol. The standard InChI is InChI=1S/C17H19BrN2O4S/c1-3-24-16(23)14-10(2)19-17(25-8-7-13(21)22)20-15(14)11-5-4-6-12(18)9-11/h4-6,9,15H,3,7-8H2,1-2H3,(H,19,20)(H,21,22)/t15-/m0/s1. The summed E-state index contributed by atoms with van der Waals surface area (Å²) in [6.45, 7) is 3.84. The van der Waals surface area contributed by atoms with Crippen LogP contribution in [0.15, 0.2) is 45.0 Å². The molecule has 0 fully saturated rings. The average molecular weight is 427 g/mol. The summed E-state index contributed by atoms with van der Waals surface area (Å²) in [4.78, 5) is 27.7. The Morgan fingerprint density at radius 2 is 2.20 bits per heavy atom. The van der Waals surface area contributed by atoms with Gasteiger partial charge in [0.15, 0.2) is 5.17 Å². The van der Waals surface area contributed by atoms with Crippen LogP contribution in [0.4, 0.5) is 0 Å². The predicted molar refractivity (Wildman–Crippen MR) is 101 cm³/mol. The number of rotatable bonds is 6. The van der Waals surface area contributed by atoms with E-state index in [1.54, 1.807) is 13.8 Å². The molecule has 0 unspecified atom stereocenters. The number of allylic oxidation sites excluding steroid dienone is 1. The summed E-state index contributed by atoms with van der Waals surface area (Å²) < 4.78 is 6.07. The molecule has 25 heavy (non-hydrogen) atoms. The van der Waals surface area contributed by atoms with Gasteiger partial charge in [-0.25, -0.2) is 9.79 Å². The van der Waals surface area contributed by atoms with Gasteiger partial charge >= 0.3 is 11.9 Å². The first-order valence-electron chi connectivity index (χ1n) is 7.75. The SMILES string of the molecule is CCOC(=O)C1=C(C)NC(SCCC(=O)O)=N[C@H]1c1cccc(Br)c1. The molecule has 1 aliphatic rings. The number of aliphatic imine (C=N–C) groups is 1. The Bertz CT molecular complexity index is 733. The van der Waals surface area contributed by atoms with Crippen molar-refractivity contribution in [2.45, 2.75) is 26.3 Å². The average Bonchev–Trinajstić information content (AvgIpc) is 2.54. The van der Waals surface area contributed by atoms with Gasteiger partial charge in [0, 0.05) is 15.9 Å². The van der Waals surface area contributed by atoms with Crippen LogP contribution < -0.4 is 5.32 Å². The summed E-state index contributed by atoms with van der Waals surface area (Å²) >= 11 is 4.76. The second-order valence-electron chi connectivity index (χ2n) is 5.27. The zero-order valence-corrected chi connectivity index (χ0v) is 16.3. The number of carboxylic acid groups (broad SMARTS) is 1. The summed E-state index contributed by atoms with van der Waals surface area (Å²) in [7, 11) is 0. The van der Waals surface area contributed by atoms with Crippen LogP contribution in [0.5, 0.6) is 0 Å². The number of carbonyl (C=O) groups excluding carboxylic acids is 1. The van der Waals surface area contributed by atoms with Gasteiger partial charge in [-0.3, -0.25) is 4.79 Å². The van der Waals surface area contributed by atoms with E-state index in [4.69, 9.17) is 9.84 Å². The highest BCUT2D eigenvalue weighted by Crippen LogP contribution is 2.34. The zero-order chi connectivity index (χ0) is 18.4. The van der Waals surface area contributed by atoms with Gasteiger partial charge in [0.05, 0.1) is 18.6 Å². The number of nitrogens with one attached hydrogen (secondary N) is 1. The van der Waals surface area contributed by atoms with Gasteiger partial charge in [-0.1, -0.05) is 39.8 Å². The molecule has 8 heteroatoms. The Labute approximate surface area is 158 Å². The molecule has 1 atom stereocenters. The molecule has 0 bridgehead atoms. The highest BCUT2D eigenvalue weighted by molar-refractivity contribution is 9.10. The van der Waals surface area contributed by atoms with Crippen molar-refractivity contribution in [3.8, 4) is 0 Å². The van der Waals surface area contributed by atoms with Crippen molar-refractivity contribution in [1.82, 2.24) is 5.32 Å². The minimum Gasteiger partial charge on any atom is -0.481 e. The molecule has 1 aliphatic heterocycles. The number of nitrogens with zero attached hydrogens (tertiary/aromatic N) is 1. The fourth-order valence-corrected chi connectivity index (χ4v) is 3.64. The van der Waals surface area contributed by atoms with E-state index in [-0.39, 0.29) is 13.0 Å². The maximum absolute atomic E-state index is 12.4. The molecule has 0 spiro atoms. The molecular formula is C17H19BrN2O4S. The number of hydrogen-bond donors (Lipinski definition) is 2. The van der Waals surface area contributed by atoms with Gasteiger partial charge < -0.3 is 15.2 Å². The molecule has 2 rings (SSSR count). The number of esters is 1. The molecule has 0 saturated heterocycles. The maximum atomic E-state index is 12.4. The minimum atomic E-state index is -0.855. The van der Waals surface area contributed by atoms with Crippen molar-refractivity contribution in [3.63, 3.8) is 0 Å². The third kappa shape index (κ3) is 5.34. The lowest BCUT2D eigenvalue weighted by Gasteiger charge is -2.25. The molecule has 1 aromatic carbocycles. The normalized spacial score (nSPS) is 16.9. The number of benzene rings is 1. The summed E-state index contributed by atoms with van der Waals surface area (Å²) in [6.07, 6.45) is 0.0421. The molecule has 2 N–H and O–H groups in total. The van der Waals surface area contributed by atoms with Crippen molar-refractivity contribution in [2.24, 2.45) is 4.99 Å². The van der Waals surface area contributed by atoms with Gasteiger partial charge in [0.1, 0.15) is 6.04 Å². The van der Waals surface area contributed by atoms with E-state index in [0.717, 1.165) is 10.0 Å². The molecule has 0 saturated carbocycles. The van der Waals surface area contributed by atoms with Crippen LogP contribution in [-0.2, 0) is 14.3 Å². The van der Waals surface area contributed by atoms with Crippen LogP contribution in [-0.4, -0.2) is 34.6 Å². The number of carbonyl (C=O) groups is 2. The smallest absolute Gasteiger partial charge is 0.338 e. The Morgan fingerprint density at radius 3 is 2.84 bits per heavy atom. The predicted octanol–water partition coefficient (Wildman–Crippen LogP) is 3.49. The summed E-state index contributed by atoms with van der Waals surface area (Å²) in [5.41, 5.74) is 1.98. The van der Waals surface area contributed by atoms with Gasteiger partial charge in [0.25, 0.3) is 0 Å². The Kier molecular flexibility index (Phi) is 7.07. The number of halogens is 1.